The smallest absolute Gasteiger partial charge is 0.337 e. The van der Waals surface area contributed by atoms with Gasteiger partial charge in [-0.25, -0.2) is 4.79 Å². The third-order valence-corrected chi connectivity index (χ3v) is 7.28. The molecule has 1 saturated carbocycles. The maximum atomic E-state index is 11.9. The number of pyridine rings is 1. The Morgan fingerprint density at radius 3 is 2.78 bits per heavy atom. The number of aromatic nitrogens is 1. The Morgan fingerprint density at radius 1 is 1.37 bits per heavy atom. The normalized spacial score (nSPS) is 22.3. The third-order valence-electron chi connectivity index (χ3n) is 5.99. The van der Waals surface area contributed by atoms with E-state index in [1.165, 1.54) is 31.2 Å². The van der Waals surface area contributed by atoms with Crippen LogP contribution in [0.25, 0.3) is 0 Å². The number of aliphatic hydroxyl groups is 1. The van der Waals surface area contributed by atoms with E-state index in [-0.39, 0.29) is 6.42 Å². The van der Waals surface area contributed by atoms with Crippen molar-refractivity contribution in [1.82, 2.24) is 4.98 Å². The van der Waals surface area contributed by atoms with Gasteiger partial charge in [-0.1, -0.05) is 26.2 Å². The lowest BCUT2D eigenvalue weighted by molar-refractivity contribution is -0.160. The Hall–Kier alpha value is -1.11. The largest absolute Gasteiger partial charge is 0.479 e. The van der Waals surface area contributed by atoms with Crippen molar-refractivity contribution in [2.45, 2.75) is 69.9 Å². The molecular formula is C21H32N2O3S. The van der Waals surface area contributed by atoms with Crippen molar-refractivity contribution >= 4 is 17.7 Å². The van der Waals surface area contributed by atoms with E-state index in [1.54, 1.807) is 18.0 Å². The molecule has 3 rings (SSSR count). The number of nitrogens with two attached hydrogens (primary N) is 1. The summed E-state index contributed by atoms with van der Waals surface area (Å²) in [5.74, 6) is 1.63. The standard InChI is InChI=1S/C21H32N2O3S/c1-2-9-27-13-19(22)21(26,20(24)25)12-18-17-11-15(6-5-14-3-4-14)10-16(17)7-8-23-18/h7-8,14-15,19,26H,2-6,9-13,22H2,1H3,(H,24,25)/t15-,19+,21-/m1/s1. The van der Waals surface area contributed by atoms with Crippen molar-refractivity contribution in [2.75, 3.05) is 11.5 Å². The van der Waals surface area contributed by atoms with E-state index in [2.05, 4.69) is 11.9 Å². The second kappa shape index (κ2) is 8.93. The first-order chi connectivity index (χ1) is 12.9. The van der Waals surface area contributed by atoms with Crippen molar-refractivity contribution in [2.24, 2.45) is 17.6 Å². The van der Waals surface area contributed by atoms with Gasteiger partial charge in [0.15, 0.2) is 5.60 Å². The number of fused-ring (bicyclic) bond motifs is 1. The van der Waals surface area contributed by atoms with Crippen LogP contribution in [0, 0.1) is 11.8 Å². The van der Waals surface area contributed by atoms with Gasteiger partial charge in [-0.15, -0.1) is 0 Å². The van der Waals surface area contributed by atoms with Crippen LogP contribution in [0.2, 0.25) is 0 Å². The molecule has 0 aromatic carbocycles. The van der Waals surface area contributed by atoms with Gasteiger partial charge >= 0.3 is 5.97 Å². The minimum Gasteiger partial charge on any atom is -0.479 e. The van der Waals surface area contributed by atoms with Gasteiger partial charge in [0, 0.05) is 24.1 Å². The molecule has 0 saturated heterocycles. The molecule has 0 radical (unpaired) electrons. The Balaban J connectivity index is 1.70. The van der Waals surface area contributed by atoms with E-state index < -0.39 is 17.6 Å². The maximum Gasteiger partial charge on any atom is 0.337 e. The molecule has 0 spiro atoms. The van der Waals surface area contributed by atoms with Crippen LogP contribution >= 0.6 is 11.8 Å². The molecule has 27 heavy (non-hydrogen) atoms. The molecule has 1 aromatic rings. The van der Waals surface area contributed by atoms with E-state index >= 15 is 0 Å². The fourth-order valence-corrected chi connectivity index (χ4v) is 5.03. The Morgan fingerprint density at radius 2 is 2.11 bits per heavy atom. The maximum absolute atomic E-state index is 11.9. The molecule has 2 aliphatic carbocycles. The molecule has 150 valence electrons. The van der Waals surface area contributed by atoms with Crippen LogP contribution in [0.1, 0.15) is 55.8 Å². The zero-order chi connectivity index (χ0) is 19.4. The van der Waals surface area contributed by atoms with Crippen molar-refractivity contribution in [1.29, 1.82) is 0 Å². The molecular weight excluding hydrogens is 360 g/mol. The van der Waals surface area contributed by atoms with E-state index in [4.69, 9.17) is 5.73 Å². The molecule has 0 bridgehead atoms. The van der Waals surface area contributed by atoms with E-state index in [1.807, 2.05) is 6.07 Å². The van der Waals surface area contributed by atoms with Gasteiger partial charge in [-0.05, 0) is 60.5 Å². The summed E-state index contributed by atoms with van der Waals surface area (Å²) in [6.45, 7) is 2.07. The van der Waals surface area contributed by atoms with Gasteiger partial charge in [0.05, 0.1) is 6.04 Å². The summed E-state index contributed by atoms with van der Waals surface area (Å²) < 4.78 is 0. The zero-order valence-corrected chi connectivity index (χ0v) is 17.0. The lowest BCUT2D eigenvalue weighted by Gasteiger charge is -2.30. The SMILES string of the molecule is CCCSC[C@H](N)[C@](O)(Cc1nccc2c1C[C@H](CCC1CC1)C2)C(=O)O. The highest BCUT2D eigenvalue weighted by atomic mass is 32.2. The summed E-state index contributed by atoms with van der Waals surface area (Å²) in [6, 6.07) is 1.23. The molecule has 0 aliphatic heterocycles. The molecule has 6 heteroatoms. The Kier molecular flexibility index (Phi) is 6.82. The summed E-state index contributed by atoms with van der Waals surface area (Å²) in [4.78, 5) is 16.3. The first-order valence-corrected chi connectivity index (χ1v) is 11.3. The summed E-state index contributed by atoms with van der Waals surface area (Å²) >= 11 is 1.59. The van der Waals surface area contributed by atoms with E-state index in [0.717, 1.165) is 36.5 Å². The third kappa shape index (κ3) is 5.04. The molecule has 3 atom stereocenters. The highest BCUT2D eigenvalue weighted by molar-refractivity contribution is 7.99. The zero-order valence-electron chi connectivity index (χ0n) is 16.2. The quantitative estimate of drug-likeness (QED) is 0.501. The second-order valence-electron chi connectivity index (χ2n) is 8.28. The summed E-state index contributed by atoms with van der Waals surface area (Å²) in [5.41, 5.74) is 7.27. The predicted octanol–water partition coefficient (Wildman–Crippen LogP) is 2.82. The summed E-state index contributed by atoms with van der Waals surface area (Å²) in [6.07, 6.45) is 10.0. The number of carbonyl (C=O) groups is 1. The second-order valence-corrected chi connectivity index (χ2v) is 9.43. The lowest BCUT2D eigenvalue weighted by Crippen LogP contribution is -2.57. The molecule has 0 unspecified atom stereocenters. The van der Waals surface area contributed by atoms with Crippen molar-refractivity contribution in [3.05, 3.63) is 29.1 Å². The Bertz CT molecular complexity index is 665. The van der Waals surface area contributed by atoms with Gasteiger partial charge < -0.3 is 15.9 Å². The number of carboxylic acid groups (broad SMARTS) is 1. The lowest BCUT2D eigenvalue weighted by atomic mass is 9.88. The van der Waals surface area contributed by atoms with E-state index in [9.17, 15) is 15.0 Å². The Labute approximate surface area is 166 Å². The molecule has 1 heterocycles. The average molecular weight is 393 g/mol. The number of thioether (sulfide) groups is 1. The molecule has 4 N–H and O–H groups in total. The van der Waals surface area contributed by atoms with Gasteiger partial charge in [0.25, 0.3) is 0 Å². The van der Waals surface area contributed by atoms with Gasteiger partial charge in [-0.3, -0.25) is 4.98 Å². The van der Waals surface area contributed by atoms with Gasteiger partial charge in [-0.2, -0.15) is 11.8 Å². The van der Waals surface area contributed by atoms with Crippen LogP contribution in [-0.4, -0.2) is 44.3 Å². The van der Waals surface area contributed by atoms with Crippen LogP contribution in [0.5, 0.6) is 0 Å². The van der Waals surface area contributed by atoms with Crippen molar-refractivity contribution < 1.29 is 15.0 Å². The van der Waals surface area contributed by atoms with Gasteiger partial charge in [0.2, 0.25) is 0 Å². The molecule has 2 aliphatic rings. The number of nitrogens with zero attached hydrogens (tertiary/aromatic N) is 1. The monoisotopic (exact) mass is 392 g/mol. The van der Waals surface area contributed by atoms with Crippen LogP contribution < -0.4 is 5.73 Å². The van der Waals surface area contributed by atoms with Crippen molar-refractivity contribution in [3.63, 3.8) is 0 Å². The number of hydrogen-bond acceptors (Lipinski definition) is 5. The first kappa shape index (κ1) is 20.6. The highest BCUT2D eigenvalue weighted by Gasteiger charge is 2.44. The number of aliphatic carboxylic acids is 1. The summed E-state index contributed by atoms with van der Waals surface area (Å²) in [5, 5.41) is 20.6. The van der Waals surface area contributed by atoms with Crippen LogP contribution in [0.15, 0.2) is 12.3 Å². The van der Waals surface area contributed by atoms with E-state index in [0.29, 0.717) is 17.4 Å². The number of rotatable bonds is 11. The predicted molar refractivity (Wildman–Crippen MR) is 109 cm³/mol. The number of carboxylic acids is 1. The minimum atomic E-state index is -1.98. The molecule has 0 amide bonds. The van der Waals surface area contributed by atoms with Gasteiger partial charge in [0.1, 0.15) is 0 Å². The minimum absolute atomic E-state index is 0.0191. The van der Waals surface area contributed by atoms with Crippen LogP contribution in [0.3, 0.4) is 0 Å². The van der Waals surface area contributed by atoms with Crippen LogP contribution in [0.4, 0.5) is 0 Å². The number of hydrogen-bond donors (Lipinski definition) is 3. The van der Waals surface area contributed by atoms with Crippen molar-refractivity contribution in [3.8, 4) is 0 Å². The average Bonchev–Trinajstić information content (AvgIpc) is 3.37. The molecule has 1 aromatic heterocycles. The molecule has 1 fully saturated rings. The fourth-order valence-electron chi connectivity index (χ4n) is 4.04. The fraction of sp³-hybridized carbons (Fsp3) is 0.714. The highest BCUT2D eigenvalue weighted by Crippen LogP contribution is 2.38. The summed E-state index contributed by atoms with van der Waals surface area (Å²) in [7, 11) is 0. The molecule has 5 nitrogen and oxygen atoms in total. The topological polar surface area (TPSA) is 96.4 Å². The van der Waals surface area contributed by atoms with Crippen LogP contribution in [-0.2, 0) is 24.1 Å². The first-order valence-electron chi connectivity index (χ1n) is 10.2.